The number of nitrogens with one attached hydrogen (secondary N) is 1. The summed E-state index contributed by atoms with van der Waals surface area (Å²) in [6, 6.07) is 7.74. The lowest BCUT2D eigenvalue weighted by molar-refractivity contribution is -0.115. The number of amides is 1. The fraction of sp³-hybridized carbons (Fsp3) is 0.286. The highest BCUT2D eigenvalue weighted by molar-refractivity contribution is 5.90. The van der Waals surface area contributed by atoms with E-state index in [1.54, 1.807) is 0 Å². The zero-order valence-corrected chi connectivity index (χ0v) is 10.9. The van der Waals surface area contributed by atoms with Crippen LogP contribution in [0.2, 0.25) is 0 Å². The van der Waals surface area contributed by atoms with E-state index in [0.717, 1.165) is 22.8 Å². The van der Waals surface area contributed by atoms with E-state index in [0.29, 0.717) is 6.42 Å². The van der Waals surface area contributed by atoms with Crippen LogP contribution in [0.3, 0.4) is 0 Å². The van der Waals surface area contributed by atoms with E-state index in [9.17, 15) is 4.79 Å². The molecule has 1 aromatic carbocycles. The van der Waals surface area contributed by atoms with Crippen molar-refractivity contribution in [3.63, 3.8) is 0 Å². The molecule has 0 aliphatic rings. The fourth-order valence-corrected chi connectivity index (χ4v) is 1.71. The molecule has 0 saturated carbocycles. The van der Waals surface area contributed by atoms with Crippen molar-refractivity contribution in [3.05, 3.63) is 42.0 Å². The van der Waals surface area contributed by atoms with E-state index >= 15 is 0 Å². The molecule has 0 bridgehead atoms. The zero-order chi connectivity index (χ0) is 13.1. The number of imidazole rings is 1. The molecule has 1 amide bonds. The molecular formula is C14H17N3O. The maximum Gasteiger partial charge on any atom is 0.224 e. The summed E-state index contributed by atoms with van der Waals surface area (Å²) >= 11 is 0. The number of nitrogens with zero attached hydrogens (tertiary/aromatic N) is 2. The van der Waals surface area contributed by atoms with Gasteiger partial charge in [0.2, 0.25) is 5.91 Å². The van der Waals surface area contributed by atoms with Gasteiger partial charge in [-0.15, -0.1) is 0 Å². The molecule has 4 heteroatoms. The van der Waals surface area contributed by atoms with Gasteiger partial charge in [0.15, 0.2) is 0 Å². The molecule has 1 aromatic heterocycles. The average Bonchev–Trinajstić information content (AvgIpc) is 2.71. The van der Waals surface area contributed by atoms with Gasteiger partial charge >= 0.3 is 0 Å². The Morgan fingerprint density at radius 3 is 2.44 bits per heavy atom. The van der Waals surface area contributed by atoms with Crippen LogP contribution in [0.4, 0.5) is 5.69 Å². The number of rotatable bonds is 3. The van der Waals surface area contributed by atoms with E-state index in [4.69, 9.17) is 0 Å². The number of carbonyl (C=O) groups excluding carboxylic acids is 1. The Bertz CT molecular complexity index is 555. The predicted octanol–water partition coefficient (Wildman–Crippen LogP) is 2.84. The van der Waals surface area contributed by atoms with Crippen LogP contribution in [0.5, 0.6) is 0 Å². The maximum atomic E-state index is 11.3. The largest absolute Gasteiger partial charge is 0.326 e. The molecule has 94 valence electrons. The van der Waals surface area contributed by atoms with E-state index in [2.05, 4.69) is 10.3 Å². The van der Waals surface area contributed by atoms with Crippen molar-refractivity contribution >= 4 is 11.6 Å². The van der Waals surface area contributed by atoms with Gasteiger partial charge in [-0.2, -0.15) is 0 Å². The van der Waals surface area contributed by atoms with Crippen LogP contribution in [0.1, 0.15) is 24.7 Å². The summed E-state index contributed by atoms with van der Waals surface area (Å²) in [6.45, 7) is 5.86. The molecule has 0 aliphatic carbocycles. The number of aromatic nitrogens is 2. The van der Waals surface area contributed by atoms with Crippen molar-refractivity contribution in [1.29, 1.82) is 0 Å². The summed E-state index contributed by atoms with van der Waals surface area (Å²) in [4.78, 5) is 15.5. The lowest BCUT2D eigenvalue weighted by Gasteiger charge is -2.07. The summed E-state index contributed by atoms with van der Waals surface area (Å²) in [7, 11) is 0. The molecule has 0 atom stereocenters. The zero-order valence-electron chi connectivity index (χ0n) is 10.9. The number of anilines is 1. The number of aryl methyl sites for hydroxylation is 1. The van der Waals surface area contributed by atoms with E-state index in [1.807, 2.05) is 55.9 Å². The monoisotopic (exact) mass is 243 g/mol. The second kappa shape index (κ2) is 5.04. The molecule has 1 heterocycles. The lowest BCUT2D eigenvalue weighted by atomic mass is 10.2. The van der Waals surface area contributed by atoms with Crippen molar-refractivity contribution in [2.45, 2.75) is 27.2 Å². The first-order valence-corrected chi connectivity index (χ1v) is 6.02. The second-order valence-electron chi connectivity index (χ2n) is 4.23. The Balaban J connectivity index is 2.22. The van der Waals surface area contributed by atoms with Gasteiger partial charge in [-0.05, 0) is 38.1 Å². The van der Waals surface area contributed by atoms with E-state index < -0.39 is 0 Å². The van der Waals surface area contributed by atoms with Gasteiger partial charge in [-0.1, -0.05) is 6.92 Å². The van der Waals surface area contributed by atoms with Crippen LogP contribution in [0, 0.1) is 13.8 Å². The molecule has 0 radical (unpaired) electrons. The van der Waals surface area contributed by atoms with Crippen molar-refractivity contribution < 1.29 is 4.79 Å². The molecule has 1 N–H and O–H groups in total. The van der Waals surface area contributed by atoms with Gasteiger partial charge in [0.05, 0.1) is 12.0 Å². The molecule has 0 aliphatic heterocycles. The minimum Gasteiger partial charge on any atom is -0.326 e. The number of hydrogen-bond acceptors (Lipinski definition) is 2. The Labute approximate surface area is 107 Å². The first-order valence-electron chi connectivity index (χ1n) is 6.02. The quantitative estimate of drug-likeness (QED) is 0.901. The molecule has 2 rings (SSSR count). The van der Waals surface area contributed by atoms with Crippen molar-refractivity contribution in [1.82, 2.24) is 9.55 Å². The van der Waals surface area contributed by atoms with Gasteiger partial charge in [0.25, 0.3) is 0 Å². The normalized spacial score (nSPS) is 10.4. The van der Waals surface area contributed by atoms with E-state index in [1.165, 1.54) is 0 Å². The van der Waals surface area contributed by atoms with Crippen LogP contribution in [-0.4, -0.2) is 15.5 Å². The van der Waals surface area contributed by atoms with Crippen LogP contribution < -0.4 is 5.32 Å². The van der Waals surface area contributed by atoms with Gasteiger partial charge in [-0.3, -0.25) is 4.79 Å². The highest BCUT2D eigenvalue weighted by atomic mass is 16.1. The lowest BCUT2D eigenvalue weighted by Crippen LogP contribution is -2.09. The molecule has 18 heavy (non-hydrogen) atoms. The average molecular weight is 243 g/mol. The molecule has 0 unspecified atom stereocenters. The predicted molar refractivity (Wildman–Crippen MR) is 72.0 cm³/mol. The third-order valence-corrected chi connectivity index (χ3v) is 3.00. The number of carbonyl (C=O) groups is 1. The minimum atomic E-state index is 0.0254. The molecular weight excluding hydrogens is 226 g/mol. The van der Waals surface area contributed by atoms with Crippen LogP contribution in [0.15, 0.2) is 30.6 Å². The first-order chi connectivity index (χ1) is 8.61. The SMILES string of the molecule is CCC(=O)Nc1ccc(-n2cnc(C)c2C)cc1. The summed E-state index contributed by atoms with van der Waals surface area (Å²) in [5.74, 6) is 0.0254. The fourth-order valence-electron chi connectivity index (χ4n) is 1.71. The maximum absolute atomic E-state index is 11.3. The van der Waals surface area contributed by atoms with Gasteiger partial charge in [0.1, 0.15) is 0 Å². The smallest absolute Gasteiger partial charge is 0.224 e. The molecule has 4 nitrogen and oxygen atoms in total. The first kappa shape index (κ1) is 12.4. The Morgan fingerprint density at radius 2 is 1.94 bits per heavy atom. The summed E-state index contributed by atoms with van der Waals surface area (Å²) in [6.07, 6.45) is 2.30. The van der Waals surface area contributed by atoms with Crippen LogP contribution in [-0.2, 0) is 4.79 Å². The molecule has 0 fully saturated rings. The van der Waals surface area contributed by atoms with Crippen LogP contribution >= 0.6 is 0 Å². The van der Waals surface area contributed by atoms with Crippen molar-refractivity contribution in [3.8, 4) is 5.69 Å². The summed E-state index contributed by atoms with van der Waals surface area (Å²) < 4.78 is 2.03. The minimum absolute atomic E-state index is 0.0254. The Morgan fingerprint density at radius 1 is 1.28 bits per heavy atom. The van der Waals surface area contributed by atoms with E-state index in [-0.39, 0.29) is 5.91 Å². The summed E-state index contributed by atoms with van der Waals surface area (Å²) in [5, 5.41) is 2.83. The molecule has 2 aromatic rings. The number of hydrogen-bond donors (Lipinski definition) is 1. The highest BCUT2D eigenvalue weighted by Gasteiger charge is 2.04. The van der Waals surface area contributed by atoms with Gasteiger partial charge in [-0.25, -0.2) is 4.98 Å². The molecule has 0 spiro atoms. The third kappa shape index (κ3) is 2.42. The number of benzene rings is 1. The third-order valence-electron chi connectivity index (χ3n) is 3.00. The van der Waals surface area contributed by atoms with Crippen molar-refractivity contribution in [2.75, 3.05) is 5.32 Å². The second-order valence-corrected chi connectivity index (χ2v) is 4.23. The van der Waals surface area contributed by atoms with Gasteiger partial charge < -0.3 is 9.88 Å². The van der Waals surface area contributed by atoms with Gasteiger partial charge in [0, 0.05) is 23.5 Å². The highest BCUT2D eigenvalue weighted by Crippen LogP contribution is 2.16. The van der Waals surface area contributed by atoms with Crippen LogP contribution in [0.25, 0.3) is 5.69 Å². The topological polar surface area (TPSA) is 46.9 Å². The Hall–Kier alpha value is -2.10. The van der Waals surface area contributed by atoms with Crippen molar-refractivity contribution in [2.24, 2.45) is 0 Å². The molecule has 0 saturated heterocycles. The summed E-state index contributed by atoms with van der Waals surface area (Å²) in [5.41, 5.74) is 4.02. The standard InChI is InChI=1S/C14H17N3O/c1-4-14(18)16-12-5-7-13(8-6-12)17-9-15-10(2)11(17)3/h5-9H,4H2,1-3H3,(H,16,18). The Kier molecular flexibility index (Phi) is 3.46.